The van der Waals surface area contributed by atoms with Crippen LogP contribution in [-0.2, 0) is 6.54 Å². The minimum atomic E-state index is 0.200. The van der Waals surface area contributed by atoms with Crippen LogP contribution >= 0.6 is 0 Å². The Bertz CT molecular complexity index is 382. The Balaban J connectivity index is 1.99. The lowest BCUT2D eigenvalue weighted by Crippen LogP contribution is -2.29. The number of ether oxygens (including phenoxy) is 1. The van der Waals surface area contributed by atoms with Crippen LogP contribution in [0.1, 0.15) is 12.0 Å². The van der Waals surface area contributed by atoms with E-state index in [4.69, 9.17) is 4.74 Å². The molecule has 2 N–H and O–H groups in total. The summed E-state index contributed by atoms with van der Waals surface area (Å²) < 4.78 is 5.11. The number of likely N-dealkylation sites (tertiary alicyclic amines) is 1. The summed E-state index contributed by atoms with van der Waals surface area (Å²) in [4.78, 5) is 2.41. The molecule has 2 rings (SSSR count). The van der Waals surface area contributed by atoms with Gasteiger partial charge < -0.3 is 15.2 Å². The number of phenols is 1. The van der Waals surface area contributed by atoms with E-state index in [0.717, 1.165) is 19.6 Å². The van der Waals surface area contributed by atoms with Gasteiger partial charge in [0.05, 0.1) is 7.11 Å². The van der Waals surface area contributed by atoms with E-state index in [-0.39, 0.29) is 5.75 Å². The van der Waals surface area contributed by atoms with E-state index in [1.807, 2.05) is 19.2 Å². The van der Waals surface area contributed by atoms with Gasteiger partial charge in [-0.25, -0.2) is 0 Å². The Kier molecular flexibility index (Phi) is 3.86. The predicted octanol–water partition coefficient (Wildman–Crippen LogP) is 1.19. The van der Waals surface area contributed by atoms with Gasteiger partial charge in [0.15, 0.2) is 11.5 Å². The second kappa shape index (κ2) is 5.38. The summed E-state index contributed by atoms with van der Waals surface area (Å²) in [5.41, 5.74) is 1.18. The second-order valence-corrected chi connectivity index (χ2v) is 4.52. The van der Waals surface area contributed by atoms with E-state index in [1.54, 1.807) is 13.2 Å². The number of likely N-dealkylation sites (N-methyl/N-ethyl adjacent to an activating group) is 1. The van der Waals surface area contributed by atoms with Crippen molar-refractivity contribution in [1.82, 2.24) is 10.2 Å². The van der Waals surface area contributed by atoms with E-state index in [2.05, 4.69) is 10.2 Å². The summed E-state index contributed by atoms with van der Waals surface area (Å²) in [5.74, 6) is 0.748. The standard InChI is InChI=1S/C13H20N2O2/c1-14-11-5-6-15(9-11)8-10-3-4-12(16)13(7-10)17-2/h3-4,7,11,14,16H,5-6,8-9H2,1-2H3. The highest BCUT2D eigenvalue weighted by Gasteiger charge is 2.20. The van der Waals surface area contributed by atoms with Gasteiger partial charge in [0.25, 0.3) is 0 Å². The van der Waals surface area contributed by atoms with Crippen molar-refractivity contribution in [3.05, 3.63) is 23.8 Å². The minimum absolute atomic E-state index is 0.200. The summed E-state index contributed by atoms with van der Waals surface area (Å²) in [6.07, 6.45) is 1.20. The van der Waals surface area contributed by atoms with Crippen LogP contribution in [-0.4, -0.2) is 43.3 Å². The smallest absolute Gasteiger partial charge is 0.160 e. The van der Waals surface area contributed by atoms with E-state index in [0.29, 0.717) is 11.8 Å². The highest BCUT2D eigenvalue weighted by Crippen LogP contribution is 2.27. The highest BCUT2D eigenvalue weighted by atomic mass is 16.5. The topological polar surface area (TPSA) is 44.7 Å². The molecule has 0 spiro atoms. The Morgan fingerprint density at radius 1 is 1.53 bits per heavy atom. The van der Waals surface area contributed by atoms with Gasteiger partial charge >= 0.3 is 0 Å². The second-order valence-electron chi connectivity index (χ2n) is 4.52. The Labute approximate surface area is 102 Å². The maximum absolute atomic E-state index is 9.53. The fourth-order valence-electron chi connectivity index (χ4n) is 2.29. The van der Waals surface area contributed by atoms with Crippen LogP contribution < -0.4 is 10.1 Å². The number of rotatable bonds is 4. The monoisotopic (exact) mass is 236 g/mol. The molecule has 0 amide bonds. The van der Waals surface area contributed by atoms with E-state index in [9.17, 15) is 5.11 Å². The molecule has 0 saturated carbocycles. The van der Waals surface area contributed by atoms with Crippen molar-refractivity contribution in [2.45, 2.75) is 19.0 Å². The Morgan fingerprint density at radius 2 is 2.35 bits per heavy atom. The fraction of sp³-hybridized carbons (Fsp3) is 0.538. The third kappa shape index (κ3) is 2.90. The van der Waals surface area contributed by atoms with Gasteiger partial charge in [-0.2, -0.15) is 0 Å². The molecule has 0 radical (unpaired) electrons. The first-order chi connectivity index (χ1) is 8.22. The number of aromatic hydroxyl groups is 1. The van der Waals surface area contributed by atoms with Crippen LogP contribution in [0.2, 0.25) is 0 Å². The third-order valence-electron chi connectivity index (χ3n) is 3.33. The van der Waals surface area contributed by atoms with Crippen LogP contribution in [0.25, 0.3) is 0 Å². The predicted molar refractivity (Wildman–Crippen MR) is 67.4 cm³/mol. The molecule has 0 aliphatic carbocycles. The van der Waals surface area contributed by atoms with Crippen molar-refractivity contribution in [1.29, 1.82) is 0 Å². The van der Waals surface area contributed by atoms with Gasteiger partial charge in [-0.05, 0) is 31.2 Å². The van der Waals surface area contributed by atoms with Crippen molar-refractivity contribution >= 4 is 0 Å². The summed E-state index contributed by atoms with van der Waals surface area (Å²) in [6, 6.07) is 6.15. The quantitative estimate of drug-likeness (QED) is 0.824. The lowest BCUT2D eigenvalue weighted by atomic mass is 10.2. The number of hydrogen-bond donors (Lipinski definition) is 2. The fourth-order valence-corrected chi connectivity index (χ4v) is 2.29. The zero-order chi connectivity index (χ0) is 12.3. The largest absolute Gasteiger partial charge is 0.504 e. The van der Waals surface area contributed by atoms with Gasteiger partial charge in [0.1, 0.15) is 0 Å². The maximum atomic E-state index is 9.53. The molecule has 0 aromatic heterocycles. The molecule has 4 heteroatoms. The summed E-state index contributed by atoms with van der Waals surface area (Å²) in [7, 11) is 3.59. The molecule has 94 valence electrons. The Hall–Kier alpha value is -1.26. The number of nitrogens with zero attached hydrogens (tertiary/aromatic N) is 1. The molecule has 17 heavy (non-hydrogen) atoms. The molecule has 4 nitrogen and oxygen atoms in total. The number of phenolic OH excluding ortho intramolecular Hbond substituents is 1. The lowest BCUT2D eigenvalue weighted by molar-refractivity contribution is 0.320. The van der Waals surface area contributed by atoms with Crippen LogP contribution in [0.4, 0.5) is 0 Å². The lowest BCUT2D eigenvalue weighted by Gasteiger charge is -2.16. The van der Waals surface area contributed by atoms with Crippen molar-refractivity contribution in [3.63, 3.8) is 0 Å². The normalized spacial score (nSPS) is 20.7. The van der Waals surface area contributed by atoms with Gasteiger partial charge in [0, 0.05) is 25.7 Å². The highest BCUT2D eigenvalue weighted by molar-refractivity contribution is 5.41. The maximum Gasteiger partial charge on any atom is 0.160 e. The first-order valence-corrected chi connectivity index (χ1v) is 5.98. The molecule has 1 aromatic carbocycles. The molecule has 0 bridgehead atoms. The molecule has 1 aliphatic rings. The van der Waals surface area contributed by atoms with Crippen molar-refractivity contribution in [3.8, 4) is 11.5 Å². The summed E-state index contributed by atoms with van der Waals surface area (Å²) in [6.45, 7) is 3.11. The molecule has 1 atom stereocenters. The van der Waals surface area contributed by atoms with Crippen LogP contribution in [0.5, 0.6) is 11.5 Å². The van der Waals surface area contributed by atoms with Gasteiger partial charge in [-0.3, -0.25) is 4.90 Å². The number of methoxy groups -OCH3 is 1. The zero-order valence-electron chi connectivity index (χ0n) is 10.4. The van der Waals surface area contributed by atoms with Gasteiger partial charge in [0.2, 0.25) is 0 Å². The van der Waals surface area contributed by atoms with E-state index < -0.39 is 0 Å². The van der Waals surface area contributed by atoms with Crippen molar-refractivity contribution in [2.75, 3.05) is 27.2 Å². The van der Waals surface area contributed by atoms with Crippen molar-refractivity contribution in [2.24, 2.45) is 0 Å². The first-order valence-electron chi connectivity index (χ1n) is 5.98. The van der Waals surface area contributed by atoms with Gasteiger partial charge in [-0.15, -0.1) is 0 Å². The molecule has 1 heterocycles. The minimum Gasteiger partial charge on any atom is -0.504 e. The molecular formula is C13H20N2O2. The number of benzene rings is 1. The average molecular weight is 236 g/mol. The van der Waals surface area contributed by atoms with Crippen LogP contribution in [0.3, 0.4) is 0 Å². The van der Waals surface area contributed by atoms with Crippen molar-refractivity contribution < 1.29 is 9.84 Å². The third-order valence-corrected chi connectivity index (χ3v) is 3.33. The molecule has 1 saturated heterocycles. The summed E-state index contributed by atoms with van der Waals surface area (Å²) >= 11 is 0. The molecule has 1 aromatic rings. The number of nitrogens with one attached hydrogen (secondary N) is 1. The van der Waals surface area contributed by atoms with Crippen LogP contribution in [0, 0.1) is 0 Å². The summed E-state index contributed by atoms with van der Waals surface area (Å²) in [5, 5.41) is 12.8. The Morgan fingerprint density at radius 3 is 3.00 bits per heavy atom. The van der Waals surface area contributed by atoms with E-state index in [1.165, 1.54) is 12.0 Å². The van der Waals surface area contributed by atoms with E-state index >= 15 is 0 Å². The van der Waals surface area contributed by atoms with Crippen LogP contribution in [0.15, 0.2) is 18.2 Å². The average Bonchev–Trinajstić information content (AvgIpc) is 2.79. The molecular weight excluding hydrogens is 216 g/mol. The molecule has 1 unspecified atom stereocenters. The number of hydrogen-bond acceptors (Lipinski definition) is 4. The first kappa shape index (κ1) is 12.2. The molecule has 1 fully saturated rings. The van der Waals surface area contributed by atoms with Gasteiger partial charge in [-0.1, -0.05) is 6.07 Å². The molecule has 1 aliphatic heterocycles. The SMILES string of the molecule is CNC1CCN(Cc2ccc(O)c(OC)c2)C1. The zero-order valence-corrected chi connectivity index (χ0v) is 10.4.